The van der Waals surface area contributed by atoms with Crippen LogP contribution in [0.1, 0.15) is 30.4 Å². The maximum Gasteiger partial charge on any atom is 0.321 e. The van der Waals surface area contributed by atoms with E-state index in [4.69, 9.17) is 9.47 Å². The minimum Gasteiger partial charge on any atom is -0.497 e. The molecule has 0 N–H and O–H groups in total. The minimum atomic E-state index is -1.16. The fraction of sp³-hybridized carbons (Fsp3) is 0.417. The van der Waals surface area contributed by atoms with Gasteiger partial charge in [-0.05, 0) is 42.5 Å². The van der Waals surface area contributed by atoms with Crippen molar-refractivity contribution < 1.29 is 19.1 Å². The number of carbonyl (C=O) groups excluding carboxylic acids is 2. The quantitative estimate of drug-likeness (QED) is 0.556. The maximum absolute atomic E-state index is 13.4. The number of benzene rings is 2. The Morgan fingerprint density at radius 2 is 1.76 bits per heavy atom. The predicted octanol–water partition coefficient (Wildman–Crippen LogP) is 3.40. The first kappa shape index (κ1) is 19.6. The molecule has 0 radical (unpaired) electrons. The number of esters is 1. The molecule has 4 rings (SSSR count). The van der Waals surface area contributed by atoms with Gasteiger partial charge in [0, 0.05) is 25.0 Å². The molecule has 29 heavy (non-hydrogen) atoms. The van der Waals surface area contributed by atoms with Crippen LogP contribution in [0.5, 0.6) is 5.75 Å². The number of hydrogen-bond acceptors (Lipinski definition) is 5. The van der Waals surface area contributed by atoms with E-state index in [2.05, 4.69) is 17.0 Å². The fourth-order valence-electron chi connectivity index (χ4n) is 5.09. The Hall–Kier alpha value is -2.66. The van der Waals surface area contributed by atoms with Gasteiger partial charge < -0.3 is 9.47 Å². The summed E-state index contributed by atoms with van der Waals surface area (Å²) in [5.41, 5.74) is 0.974. The van der Waals surface area contributed by atoms with Crippen LogP contribution >= 0.6 is 0 Å². The van der Waals surface area contributed by atoms with Gasteiger partial charge in [-0.3, -0.25) is 14.5 Å². The number of hydrogen-bond donors (Lipinski definition) is 0. The lowest BCUT2D eigenvalue weighted by Crippen LogP contribution is -2.61. The first-order chi connectivity index (χ1) is 14.1. The molecule has 2 heterocycles. The zero-order chi connectivity index (χ0) is 20.4. The second kappa shape index (κ2) is 7.99. The maximum atomic E-state index is 13.4. The van der Waals surface area contributed by atoms with Gasteiger partial charge >= 0.3 is 5.97 Å². The van der Waals surface area contributed by atoms with E-state index in [1.54, 1.807) is 7.11 Å². The molecule has 0 aromatic heterocycles. The lowest BCUT2D eigenvalue weighted by Gasteiger charge is -2.45. The molecule has 0 unspecified atom stereocenters. The Kier molecular flexibility index (Phi) is 5.41. The van der Waals surface area contributed by atoms with Crippen LogP contribution in [0.25, 0.3) is 0 Å². The molecule has 0 saturated carbocycles. The molecule has 0 spiro atoms. The van der Waals surface area contributed by atoms with Crippen LogP contribution in [0.15, 0.2) is 54.6 Å². The molecule has 2 aromatic carbocycles. The Morgan fingerprint density at radius 3 is 2.41 bits per heavy atom. The standard InChI is InChI=1S/C24H27NO4/c1-28-20-11-8-17(9-12-20)15-24(23(27)29-2)21-13-10-19(14-22(24)26)25(21)16-18-6-4-3-5-7-18/h3-9,11-12,19,21H,10,13-16H2,1-2H3/t19-,21+,24+/m1/s1. The van der Waals surface area contributed by atoms with E-state index in [0.29, 0.717) is 12.8 Å². The van der Waals surface area contributed by atoms with E-state index in [1.807, 2.05) is 42.5 Å². The van der Waals surface area contributed by atoms with Gasteiger partial charge in [-0.25, -0.2) is 0 Å². The number of ether oxygens (including phenoxy) is 2. The highest BCUT2D eigenvalue weighted by Crippen LogP contribution is 2.48. The van der Waals surface area contributed by atoms with Crippen LogP contribution in [0.2, 0.25) is 0 Å². The molecule has 5 nitrogen and oxygen atoms in total. The highest BCUT2D eigenvalue weighted by molar-refractivity contribution is 6.06. The SMILES string of the molecule is COC(=O)[C@]1(Cc2ccc(OC)cc2)C(=O)C[C@H]2CC[C@@H]1N2Cc1ccccc1. The topological polar surface area (TPSA) is 55.8 Å². The third-order valence-electron chi connectivity index (χ3n) is 6.53. The van der Waals surface area contributed by atoms with E-state index < -0.39 is 11.4 Å². The number of carbonyl (C=O) groups is 2. The van der Waals surface area contributed by atoms with Crippen LogP contribution in [0.4, 0.5) is 0 Å². The Balaban J connectivity index is 1.70. The van der Waals surface area contributed by atoms with Gasteiger partial charge in [0.25, 0.3) is 0 Å². The van der Waals surface area contributed by atoms with E-state index in [9.17, 15) is 9.59 Å². The smallest absolute Gasteiger partial charge is 0.321 e. The van der Waals surface area contributed by atoms with Gasteiger partial charge in [-0.15, -0.1) is 0 Å². The zero-order valence-electron chi connectivity index (χ0n) is 17.0. The van der Waals surface area contributed by atoms with Crippen molar-refractivity contribution >= 4 is 11.8 Å². The average Bonchev–Trinajstić information content (AvgIpc) is 3.07. The summed E-state index contributed by atoms with van der Waals surface area (Å²) >= 11 is 0. The predicted molar refractivity (Wildman–Crippen MR) is 110 cm³/mol. The molecular weight excluding hydrogens is 366 g/mol. The minimum absolute atomic E-state index is 0.0111. The van der Waals surface area contributed by atoms with Crippen molar-refractivity contribution in [2.75, 3.05) is 14.2 Å². The normalized spacial score (nSPS) is 26.3. The van der Waals surface area contributed by atoms with Gasteiger partial charge in [0.2, 0.25) is 0 Å². The second-order valence-corrected chi connectivity index (χ2v) is 8.02. The molecule has 2 aliphatic heterocycles. The third kappa shape index (κ3) is 3.44. The summed E-state index contributed by atoms with van der Waals surface area (Å²) in [5.74, 6) is 0.348. The summed E-state index contributed by atoms with van der Waals surface area (Å²) in [6.45, 7) is 0.741. The van der Waals surface area contributed by atoms with Crippen molar-refractivity contribution in [3.05, 3.63) is 65.7 Å². The number of piperidine rings is 1. The van der Waals surface area contributed by atoms with Gasteiger partial charge in [0.1, 0.15) is 11.2 Å². The van der Waals surface area contributed by atoms with Gasteiger partial charge in [0.15, 0.2) is 5.78 Å². The number of rotatable bonds is 6. The molecule has 2 aromatic rings. The van der Waals surface area contributed by atoms with Crippen LogP contribution < -0.4 is 4.74 Å². The summed E-state index contributed by atoms with van der Waals surface area (Å²) in [6.07, 6.45) is 2.51. The van der Waals surface area contributed by atoms with Crippen LogP contribution in [-0.4, -0.2) is 43.0 Å². The molecule has 3 atom stereocenters. The molecule has 152 valence electrons. The molecule has 2 aliphatic rings. The molecule has 0 amide bonds. The largest absolute Gasteiger partial charge is 0.497 e. The molecule has 0 aliphatic carbocycles. The van der Waals surface area contributed by atoms with Crippen LogP contribution in [0, 0.1) is 5.41 Å². The number of ketones is 1. The summed E-state index contributed by atoms with van der Waals surface area (Å²) in [6, 6.07) is 17.9. The van der Waals surface area contributed by atoms with Crippen molar-refractivity contribution in [1.29, 1.82) is 0 Å². The Bertz CT molecular complexity index is 880. The summed E-state index contributed by atoms with van der Waals surface area (Å²) in [4.78, 5) is 28.8. The van der Waals surface area contributed by atoms with Crippen molar-refractivity contribution in [2.24, 2.45) is 5.41 Å². The zero-order valence-corrected chi connectivity index (χ0v) is 17.0. The van der Waals surface area contributed by atoms with Crippen molar-refractivity contribution in [1.82, 2.24) is 4.90 Å². The first-order valence-corrected chi connectivity index (χ1v) is 10.1. The highest BCUT2D eigenvalue weighted by Gasteiger charge is 2.61. The fourth-order valence-corrected chi connectivity index (χ4v) is 5.09. The van der Waals surface area contributed by atoms with E-state index in [0.717, 1.165) is 30.7 Å². The molecule has 2 saturated heterocycles. The van der Waals surface area contributed by atoms with Gasteiger partial charge in [-0.1, -0.05) is 42.5 Å². The highest BCUT2D eigenvalue weighted by atomic mass is 16.5. The molecular formula is C24H27NO4. The summed E-state index contributed by atoms with van der Waals surface area (Å²) in [7, 11) is 3.00. The van der Waals surface area contributed by atoms with Crippen LogP contribution in [-0.2, 0) is 27.3 Å². The number of nitrogens with zero attached hydrogens (tertiary/aromatic N) is 1. The molecule has 2 bridgehead atoms. The number of fused-ring (bicyclic) bond motifs is 2. The second-order valence-electron chi connectivity index (χ2n) is 8.02. The lowest BCUT2D eigenvalue weighted by molar-refractivity contribution is -0.167. The number of methoxy groups -OCH3 is 2. The monoisotopic (exact) mass is 393 g/mol. The molecule has 5 heteroatoms. The summed E-state index contributed by atoms with van der Waals surface area (Å²) in [5, 5.41) is 0. The number of Topliss-reactive ketones (excluding diaryl/α,β-unsaturated/α-hetero) is 1. The van der Waals surface area contributed by atoms with Crippen LogP contribution in [0.3, 0.4) is 0 Å². The van der Waals surface area contributed by atoms with E-state index >= 15 is 0 Å². The lowest BCUT2D eigenvalue weighted by atomic mass is 9.68. The van der Waals surface area contributed by atoms with Crippen molar-refractivity contribution in [2.45, 2.75) is 44.3 Å². The van der Waals surface area contributed by atoms with Crippen molar-refractivity contribution in [3.63, 3.8) is 0 Å². The first-order valence-electron chi connectivity index (χ1n) is 10.1. The van der Waals surface area contributed by atoms with Gasteiger partial charge in [0.05, 0.1) is 14.2 Å². The van der Waals surface area contributed by atoms with Crippen molar-refractivity contribution in [3.8, 4) is 5.75 Å². The third-order valence-corrected chi connectivity index (χ3v) is 6.53. The van der Waals surface area contributed by atoms with E-state index in [1.165, 1.54) is 12.7 Å². The summed E-state index contributed by atoms with van der Waals surface area (Å²) < 4.78 is 10.5. The Labute approximate surface area is 171 Å². The molecule has 2 fully saturated rings. The van der Waals surface area contributed by atoms with E-state index in [-0.39, 0.29) is 17.9 Å². The van der Waals surface area contributed by atoms with Gasteiger partial charge in [-0.2, -0.15) is 0 Å². The average molecular weight is 393 g/mol. The Morgan fingerprint density at radius 1 is 1.03 bits per heavy atom.